The summed E-state index contributed by atoms with van der Waals surface area (Å²) in [6, 6.07) is 17.9. The molecule has 0 fully saturated rings. The number of thioether (sulfide) groups is 1. The molecule has 0 radical (unpaired) electrons. The molecule has 0 aliphatic carbocycles. The highest BCUT2D eigenvalue weighted by molar-refractivity contribution is 8.00. The van der Waals surface area contributed by atoms with Gasteiger partial charge in [-0.25, -0.2) is 4.98 Å². The third kappa shape index (κ3) is 3.95. The number of hydrogen-bond donors (Lipinski definition) is 1. The van der Waals surface area contributed by atoms with Gasteiger partial charge in [0.2, 0.25) is 0 Å². The second-order valence-corrected chi connectivity index (χ2v) is 7.34. The maximum Gasteiger partial charge on any atom is 0.166 e. The van der Waals surface area contributed by atoms with Gasteiger partial charge in [-0.05, 0) is 17.7 Å². The number of fused-ring (bicyclic) bond motifs is 1. The number of nitrogens with one attached hydrogen (secondary N) is 1. The van der Waals surface area contributed by atoms with Crippen LogP contribution < -0.4 is 0 Å². The summed E-state index contributed by atoms with van der Waals surface area (Å²) in [5.41, 5.74) is 3.15. The van der Waals surface area contributed by atoms with Crippen LogP contribution in [0.2, 0.25) is 0 Å². The van der Waals surface area contributed by atoms with E-state index in [1.165, 1.54) is 0 Å². The van der Waals surface area contributed by atoms with Gasteiger partial charge < -0.3 is 4.98 Å². The van der Waals surface area contributed by atoms with Gasteiger partial charge in [-0.15, -0.1) is 0 Å². The summed E-state index contributed by atoms with van der Waals surface area (Å²) >= 11 is 1.63. The zero-order chi connectivity index (χ0) is 14.5. The van der Waals surface area contributed by atoms with Gasteiger partial charge in [0.1, 0.15) is 0 Å². The van der Waals surface area contributed by atoms with Crippen LogP contribution in [0.15, 0.2) is 59.8 Å². The second-order valence-electron chi connectivity index (χ2n) is 4.68. The van der Waals surface area contributed by atoms with Crippen LogP contribution in [0, 0.1) is 0 Å². The first-order chi connectivity index (χ1) is 10.3. The first kappa shape index (κ1) is 14.4. The fourth-order valence-electron chi connectivity index (χ4n) is 2.06. The molecule has 0 bridgehead atoms. The number of benzene rings is 2. The van der Waals surface area contributed by atoms with Crippen molar-refractivity contribution in [1.82, 2.24) is 9.97 Å². The highest BCUT2D eigenvalue weighted by Gasteiger charge is 2.05. The van der Waals surface area contributed by atoms with Crippen LogP contribution in [0.25, 0.3) is 11.0 Å². The molecule has 5 heteroatoms. The topological polar surface area (TPSA) is 45.8 Å². The molecule has 3 aromatic rings. The number of hydrogen-bond acceptors (Lipinski definition) is 3. The van der Waals surface area contributed by atoms with Gasteiger partial charge in [-0.3, -0.25) is 4.21 Å². The van der Waals surface area contributed by atoms with Gasteiger partial charge in [0.25, 0.3) is 0 Å². The van der Waals surface area contributed by atoms with Gasteiger partial charge in [-0.1, -0.05) is 54.2 Å². The first-order valence-electron chi connectivity index (χ1n) is 6.78. The van der Waals surface area contributed by atoms with Gasteiger partial charge in [0.15, 0.2) is 5.16 Å². The molecular formula is C16H16N2OS2. The summed E-state index contributed by atoms with van der Waals surface area (Å²) in [6.45, 7) is 0. The maximum absolute atomic E-state index is 12.0. The second kappa shape index (κ2) is 6.91. The van der Waals surface area contributed by atoms with E-state index in [0.29, 0.717) is 11.5 Å². The Labute approximate surface area is 130 Å². The summed E-state index contributed by atoms with van der Waals surface area (Å²) < 4.78 is 12.0. The van der Waals surface area contributed by atoms with Crippen LogP contribution in [0.5, 0.6) is 0 Å². The summed E-state index contributed by atoms with van der Waals surface area (Å²) in [5.74, 6) is 2.11. The standard InChI is InChI=1S/C16H16N2OS2/c19-21(12-13-6-2-1-3-7-13)11-10-20-16-17-14-8-4-5-9-15(14)18-16/h1-9H,10-12H2,(H,17,18). The Bertz CT molecular complexity index is 707. The lowest BCUT2D eigenvalue weighted by Gasteiger charge is -2.01. The van der Waals surface area contributed by atoms with Gasteiger partial charge in [-0.2, -0.15) is 0 Å². The van der Waals surface area contributed by atoms with Crippen molar-refractivity contribution in [2.75, 3.05) is 11.5 Å². The van der Waals surface area contributed by atoms with E-state index in [4.69, 9.17) is 0 Å². The zero-order valence-electron chi connectivity index (χ0n) is 11.5. The molecule has 1 aromatic heterocycles. The Morgan fingerprint density at radius 2 is 1.81 bits per heavy atom. The number of para-hydroxylation sites is 2. The molecule has 108 valence electrons. The number of imidazole rings is 1. The minimum atomic E-state index is -0.825. The van der Waals surface area contributed by atoms with Crippen molar-refractivity contribution in [1.29, 1.82) is 0 Å². The first-order valence-corrected chi connectivity index (χ1v) is 9.25. The smallest absolute Gasteiger partial charge is 0.166 e. The van der Waals surface area contributed by atoms with E-state index < -0.39 is 10.8 Å². The molecular weight excluding hydrogens is 300 g/mol. The molecule has 1 heterocycles. The van der Waals surface area contributed by atoms with Gasteiger partial charge in [0, 0.05) is 28.1 Å². The average molecular weight is 316 g/mol. The Hall–Kier alpha value is -1.59. The molecule has 0 aliphatic rings. The van der Waals surface area contributed by atoms with E-state index in [1.807, 2.05) is 54.6 Å². The maximum atomic E-state index is 12.0. The van der Waals surface area contributed by atoms with Crippen molar-refractivity contribution in [2.45, 2.75) is 10.9 Å². The molecule has 3 nitrogen and oxygen atoms in total. The van der Waals surface area contributed by atoms with E-state index in [0.717, 1.165) is 27.5 Å². The summed E-state index contributed by atoms with van der Waals surface area (Å²) in [6.07, 6.45) is 0. The highest BCUT2D eigenvalue weighted by Crippen LogP contribution is 2.19. The Kier molecular flexibility index (Phi) is 4.72. The molecule has 0 saturated carbocycles. The van der Waals surface area contributed by atoms with Crippen LogP contribution in [-0.4, -0.2) is 25.7 Å². The predicted molar refractivity (Wildman–Crippen MR) is 90.0 cm³/mol. The molecule has 1 unspecified atom stereocenters. The zero-order valence-corrected chi connectivity index (χ0v) is 13.1. The number of rotatable bonds is 6. The van der Waals surface area contributed by atoms with E-state index in [-0.39, 0.29) is 0 Å². The summed E-state index contributed by atoms with van der Waals surface area (Å²) in [4.78, 5) is 7.77. The van der Waals surface area contributed by atoms with Crippen molar-refractivity contribution in [3.8, 4) is 0 Å². The lowest BCUT2D eigenvalue weighted by molar-refractivity contribution is 0.683. The van der Waals surface area contributed by atoms with E-state index in [2.05, 4.69) is 9.97 Å². The van der Waals surface area contributed by atoms with Crippen LogP contribution in [0.4, 0.5) is 0 Å². The summed E-state index contributed by atoms with van der Waals surface area (Å²) in [7, 11) is -0.825. The molecule has 3 rings (SSSR count). The minimum Gasteiger partial charge on any atom is -0.333 e. The lowest BCUT2D eigenvalue weighted by atomic mass is 10.2. The molecule has 0 amide bonds. The van der Waals surface area contributed by atoms with Crippen molar-refractivity contribution in [3.05, 3.63) is 60.2 Å². The highest BCUT2D eigenvalue weighted by atomic mass is 32.2. The van der Waals surface area contributed by atoms with Crippen LogP contribution >= 0.6 is 11.8 Å². The van der Waals surface area contributed by atoms with Crippen molar-refractivity contribution in [2.24, 2.45) is 0 Å². The predicted octanol–water partition coefficient (Wildman–Crippen LogP) is 3.60. The van der Waals surface area contributed by atoms with E-state index >= 15 is 0 Å². The Morgan fingerprint density at radius 1 is 1.05 bits per heavy atom. The van der Waals surface area contributed by atoms with Crippen LogP contribution in [0.1, 0.15) is 5.56 Å². The SMILES string of the molecule is O=S(CCSc1nc2ccccc2[nH]1)Cc1ccccc1. The largest absolute Gasteiger partial charge is 0.333 e. The third-order valence-electron chi connectivity index (χ3n) is 3.09. The normalized spacial score (nSPS) is 12.6. The summed E-state index contributed by atoms with van der Waals surface area (Å²) in [5, 5.41) is 0.896. The van der Waals surface area contributed by atoms with Crippen molar-refractivity contribution < 1.29 is 4.21 Å². The number of H-pyrrole nitrogens is 1. The Morgan fingerprint density at radius 3 is 2.62 bits per heavy atom. The average Bonchev–Trinajstić information content (AvgIpc) is 2.91. The van der Waals surface area contributed by atoms with Crippen LogP contribution in [0.3, 0.4) is 0 Å². The molecule has 0 spiro atoms. The van der Waals surface area contributed by atoms with Gasteiger partial charge >= 0.3 is 0 Å². The van der Waals surface area contributed by atoms with E-state index in [9.17, 15) is 4.21 Å². The number of nitrogens with zero attached hydrogens (tertiary/aromatic N) is 1. The molecule has 0 aliphatic heterocycles. The fraction of sp³-hybridized carbons (Fsp3) is 0.188. The third-order valence-corrected chi connectivity index (χ3v) is 5.54. The number of aromatic nitrogens is 2. The molecule has 2 aromatic carbocycles. The lowest BCUT2D eigenvalue weighted by Crippen LogP contribution is -2.03. The molecule has 1 N–H and O–H groups in total. The number of aromatic amines is 1. The monoisotopic (exact) mass is 316 g/mol. The van der Waals surface area contributed by atoms with Crippen LogP contribution in [-0.2, 0) is 16.6 Å². The fourth-order valence-corrected chi connectivity index (χ4v) is 4.39. The van der Waals surface area contributed by atoms with Crippen molar-refractivity contribution in [3.63, 3.8) is 0 Å². The van der Waals surface area contributed by atoms with E-state index in [1.54, 1.807) is 11.8 Å². The quantitative estimate of drug-likeness (QED) is 0.707. The molecule has 0 saturated heterocycles. The minimum absolute atomic E-state index is 0.627. The molecule has 1 atom stereocenters. The van der Waals surface area contributed by atoms with Crippen molar-refractivity contribution >= 4 is 33.6 Å². The van der Waals surface area contributed by atoms with Gasteiger partial charge in [0.05, 0.1) is 11.0 Å². The molecule has 21 heavy (non-hydrogen) atoms. The Balaban J connectivity index is 1.50.